The van der Waals surface area contributed by atoms with Crippen molar-refractivity contribution in [2.75, 3.05) is 24.8 Å². The summed E-state index contributed by atoms with van der Waals surface area (Å²) in [6, 6.07) is 7.90. The minimum Gasteiger partial charge on any atom is -0.497 e. The molecule has 35 heavy (non-hydrogen) atoms. The molecular weight excluding hydrogens is 468 g/mol. The first-order valence-corrected chi connectivity index (χ1v) is 13.2. The van der Waals surface area contributed by atoms with Crippen LogP contribution in [0.2, 0.25) is 0 Å². The molecule has 0 saturated heterocycles. The largest absolute Gasteiger partial charge is 0.497 e. The Balaban J connectivity index is 1.42. The number of thioether (sulfide) groups is 1. The van der Waals surface area contributed by atoms with E-state index in [1.807, 2.05) is 12.1 Å². The van der Waals surface area contributed by atoms with Crippen molar-refractivity contribution in [1.29, 1.82) is 0 Å². The number of methoxy groups -OCH3 is 1. The van der Waals surface area contributed by atoms with Crippen LogP contribution < -0.4 is 10.1 Å². The molecule has 10 nitrogen and oxygen atoms in total. The number of hydrogen-bond acceptors (Lipinski definition) is 10. The highest BCUT2D eigenvalue weighted by Gasteiger charge is 2.44. The fourth-order valence-corrected chi connectivity index (χ4v) is 5.63. The molecule has 188 valence electrons. The molecule has 3 aromatic rings. The normalized spacial score (nSPS) is 27.9. The summed E-state index contributed by atoms with van der Waals surface area (Å²) in [5.74, 6) is 2.53. The molecule has 0 radical (unpaired) electrons. The molecule has 0 amide bonds. The summed E-state index contributed by atoms with van der Waals surface area (Å²) in [5.41, 5.74) is 2.35. The number of aliphatic hydroxyl groups excluding tert-OH is 3. The van der Waals surface area contributed by atoms with E-state index in [0.717, 1.165) is 24.3 Å². The first-order chi connectivity index (χ1) is 17.0. The lowest BCUT2D eigenvalue weighted by molar-refractivity contribution is 0.00107. The van der Waals surface area contributed by atoms with Gasteiger partial charge in [0.1, 0.15) is 11.9 Å². The van der Waals surface area contributed by atoms with Crippen molar-refractivity contribution in [1.82, 2.24) is 25.0 Å². The smallest absolute Gasteiger partial charge is 0.191 e. The third-order valence-corrected chi connectivity index (χ3v) is 8.03. The second kappa shape index (κ2) is 10.3. The van der Waals surface area contributed by atoms with Crippen molar-refractivity contribution < 1.29 is 20.1 Å². The molecule has 2 aliphatic rings. The Kier molecular flexibility index (Phi) is 7.10. The molecule has 1 aromatic carbocycles. The molecule has 6 atom stereocenters. The van der Waals surface area contributed by atoms with Crippen LogP contribution in [0.5, 0.6) is 5.75 Å². The van der Waals surface area contributed by atoms with E-state index in [0.29, 0.717) is 40.9 Å². The number of hydrogen-bond donors (Lipinski definition) is 4. The van der Waals surface area contributed by atoms with E-state index in [9.17, 15) is 15.3 Å². The summed E-state index contributed by atoms with van der Waals surface area (Å²) >= 11 is 1.57. The van der Waals surface area contributed by atoms with Gasteiger partial charge in [0.05, 0.1) is 19.3 Å². The molecule has 0 spiro atoms. The van der Waals surface area contributed by atoms with Gasteiger partial charge in [0, 0.05) is 24.3 Å². The molecular formula is C24H32N6O4S. The first kappa shape index (κ1) is 24.2. The minimum absolute atomic E-state index is 0.0376. The number of benzene rings is 1. The number of nitrogens with zero attached hydrogens (tertiary/aromatic N) is 5. The molecule has 2 aromatic heterocycles. The van der Waals surface area contributed by atoms with Gasteiger partial charge in [-0.2, -0.15) is 0 Å². The highest BCUT2D eigenvalue weighted by molar-refractivity contribution is 7.99. The van der Waals surface area contributed by atoms with Crippen LogP contribution in [0.3, 0.4) is 0 Å². The van der Waals surface area contributed by atoms with Gasteiger partial charge in [0.25, 0.3) is 0 Å². The van der Waals surface area contributed by atoms with Gasteiger partial charge in [0.2, 0.25) is 0 Å². The molecule has 2 fully saturated rings. The standard InChI is InChI=1S/C24H32N6O4S/c1-3-10-35-24-26-22(25-17-12-16(17)13-4-6-15(34-2)7-5-13)19-23(27-24)30(29-28-19)18-11-14(8-9-31)20(32)21(18)33/h4-7,14,16-18,20-21,31-33H,3,8-12H2,1-2H3,(H,25,26,27)/t14-,16?,17?,18+,20+,21-/m1/s1. The van der Waals surface area contributed by atoms with Gasteiger partial charge in [-0.1, -0.05) is 36.0 Å². The average molecular weight is 501 g/mol. The van der Waals surface area contributed by atoms with Gasteiger partial charge in [0.15, 0.2) is 22.1 Å². The number of aliphatic hydroxyl groups is 3. The van der Waals surface area contributed by atoms with Crippen LogP contribution in [-0.4, -0.2) is 78.0 Å². The van der Waals surface area contributed by atoms with E-state index in [2.05, 4.69) is 34.7 Å². The lowest BCUT2D eigenvalue weighted by Gasteiger charge is -2.17. The Bertz CT molecular complexity index is 1160. The maximum absolute atomic E-state index is 10.7. The van der Waals surface area contributed by atoms with E-state index < -0.39 is 18.2 Å². The lowest BCUT2D eigenvalue weighted by Crippen LogP contribution is -2.30. The molecule has 0 bridgehead atoms. The number of fused-ring (bicyclic) bond motifs is 1. The van der Waals surface area contributed by atoms with E-state index in [1.54, 1.807) is 23.6 Å². The molecule has 11 heteroatoms. The number of aromatic nitrogens is 5. The third-order valence-electron chi connectivity index (χ3n) is 6.98. The van der Waals surface area contributed by atoms with Crippen molar-refractivity contribution in [3.63, 3.8) is 0 Å². The van der Waals surface area contributed by atoms with Crippen LogP contribution in [0.4, 0.5) is 5.82 Å². The maximum Gasteiger partial charge on any atom is 0.191 e. The summed E-state index contributed by atoms with van der Waals surface area (Å²) < 4.78 is 6.89. The van der Waals surface area contributed by atoms with Crippen LogP contribution in [-0.2, 0) is 0 Å². The van der Waals surface area contributed by atoms with Crippen molar-refractivity contribution in [3.05, 3.63) is 29.8 Å². The Hall–Kier alpha value is -2.47. The molecule has 2 unspecified atom stereocenters. The van der Waals surface area contributed by atoms with Crippen LogP contribution in [0.15, 0.2) is 29.4 Å². The van der Waals surface area contributed by atoms with Gasteiger partial charge in [-0.15, -0.1) is 5.10 Å². The molecule has 2 heterocycles. The number of rotatable bonds is 10. The topological polar surface area (TPSA) is 138 Å². The predicted octanol–water partition coefficient (Wildman–Crippen LogP) is 2.37. The molecule has 2 aliphatic carbocycles. The molecule has 5 rings (SSSR count). The highest BCUT2D eigenvalue weighted by Crippen LogP contribution is 2.44. The van der Waals surface area contributed by atoms with Gasteiger partial charge < -0.3 is 25.4 Å². The van der Waals surface area contributed by atoms with Crippen LogP contribution >= 0.6 is 11.8 Å². The zero-order chi connectivity index (χ0) is 24.5. The van der Waals surface area contributed by atoms with E-state index >= 15 is 0 Å². The lowest BCUT2D eigenvalue weighted by atomic mass is 10.0. The highest BCUT2D eigenvalue weighted by atomic mass is 32.2. The average Bonchev–Trinajstić information content (AvgIpc) is 3.42. The minimum atomic E-state index is -1.00. The monoisotopic (exact) mass is 500 g/mol. The third kappa shape index (κ3) is 4.82. The maximum atomic E-state index is 10.7. The van der Waals surface area contributed by atoms with Crippen molar-refractivity contribution in [2.24, 2.45) is 5.92 Å². The second-order valence-electron chi connectivity index (χ2n) is 9.33. The summed E-state index contributed by atoms with van der Waals surface area (Å²) in [4.78, 5) is 9.48. The number of nitrogens with one attached hydrogen (secondary N) is 1. The summed E-state index contributed by atoms with van der Waals surface area (Å²) in [6.07, 6.45) is 0.974. The van der Waals surface area contributed by atoms with Gasteiger partial charge >= 0.3 is 0 Å². The van der Waals surface area contributed by atoms with Crippen LogP contribution in [0.25, 0.3) is 11.2 Å². The first-order valence-electron chi connectivity index (χ1n) is 12.2. The number of anilines is 1. The quantitative estimate of drug-likeness (QED) is 0.242. The zero-order valence-corrected chi connectivity index (χ0v) is 20.7. The fraction of sp³-hybridized carbons (Fsp3) is 0.583. The Morgan fingerprint density at radius 1 is 1.14 bits per heavy atom. The van der Waals surface area contributed by atoms with Crippen molar-refractivity contribution in [2.45, 2.75) is 68.0 Å². The SMILES string of the molecule is CCCSc1nc(NC2CC2c2ccc(OC)cc2)c2nnn([C@H]3C[C@@H](CCO)[C@H](O)[C@@H]3O)c2n1. The Morgan fingerprint density at radius 3 is 2.66 bits per heavy atom. The van der Waals surface area contributed by atoms with E-state index in [4.69, 9.17) is 14.7 Å². The fourth-order valence-electron chi connectivity index (χ4n) is 4.94. The molecule has 2 saturated carbocycles. The second-order valence-corrected chi connectivity index (χ2v) is 10.4. The van der Waals surface area contributed by atoms with E-state index in [-0.39, 0.29) is 18.6 Å². The summed E-state index contributed by atoms with van der Waals surface area (Å²) in [5, 5.41) is 43.4. The van der Waals surface area contributed by atoms with Crippen LogP contribution in [0, 0.1) is 5.92 Å². The van der Waals surface area contributed by atoms with Crippen molar-refractivity contribution in [3.8, 4) is 5.75 Å². The van der Waals surface area contributed by atoms with Crippen molar-refractivity contribution >= 4 is 28.7 Å². The Labute approximate surface area is 208 Å². The molecule has 4 N–H and O–H groups in total. The summed E-state index contributed by atoms with van der Waals surface area (Å²) in [6.45, 7) is 2.07. The number of ether oxygens (including phenoxy) is 1. The zero-order valence-electron chi connectivity index (χ0n) is 19.9. The predicted molar refractivity (Wildman–Crippen MR) is 133 cm³/mol. The van der Waals surface area contributed by atoms with E-state index in [1.165, 1.54) is 5.56 Å². The van der Waals surface area contributed by atoms with Gasteiger partial charge in [-0.3, -0.25) is 0 Å². The van der Waals surface area contributed by atoms with Gasteiger partial charge in [-0.05, 0) is 49.3 Å². The summed E-state index contributed by atoms with van der Waals surface area (Å²) in [7, 11) is 1.66. The van der Waals surface area contributed by atoms with Gasteiger partial charge in [-0.25, -0.2) is 14.6 Å². The Morgan fingerprint density at radius 2 is 1.94 bits per heavy atom. The van der Waals surface area contributed by atoms with Crippen LogP contribution in [0.1, 0.15) is 50.1 Å². The molecule has 0 aliphatic heterocycles.